The number of rotatable bonds is 3. The second kappa shape index (κ2) is 7.24. The van der Waals surface area contributed by atoms with E-state index in [4.69, 9.17) is 9.41 Å². The first kappa shape index (κ1) is 17.3. The van der Waals surface area contributed by atoms with Gasteiger partial charge in [0, 0.05) is 17.0 Å². The molecule has 0 spiro atoms. The van der Waals surface area contributed by atoms with Crippen molar-refractivity contribution in [2.75, 3.05) is 0 Å². The fourth-order valence-corrected chi connectivity index (χ4v) is 3.26. The van der Waals surface area contributed by atoms with Crippen LogP contribution in [0.15, 0.2) is 88.3 Å². The highest BCUT2D eigenvalue weighted by Gasteiger charge is 2.08. The van der Waals surface area contributed by atoms with E-state index in [1.807, 2.05) is 12.1 Å². The molecular weight excluding hydrogens is 330 g/mol. The molecule has 0 aliphatic rings. The average molecular weight is 353 g/mol. The first-order chi connectivity index (χ1) is 13.1. The molecule has 0 radical (unpaired) electrons. The lowest BCUT2D eigenvalue weighted by atomic mass is 10.1. The third kappa shape index (κ3) is 3.70. The zero-order valence-corrected chi connectivity index (χ0v) is 15.9. The van der Waals surface area contributed by atoms with Crippen molar-refractivity contribution < 1.29 is 4.42 Å². The van der Waals surface area contributed by atoms with Crippen molar-refractivity contribution >= 4 is 11.0 Å². The van der Waals surface area contributed by atoms with E-state index in [-0.39, 0.29) is 6.04 Å². The number of hydrogen-bond acceptors (Lipinski definition) is 2. The lowest BCUT2D eigenvalue weighted by Crippen LogP contribution is -2.07. The molecule has 0 saturated carbocycles. The van der Waals surface area contributed by atoms with E-state index in [2.05, 4.69) is 87.5 Å². The zero-order chi connectivity index (χ0) is 18.8. The molecular formula is C25H23NO. The minimum absolute atomic E-state index is 0.0724. The molecule has 2 nitrogen and oxygen atoms in total. The van der Waals surface area contributed by atoms with Gasteiger partial charge in [-0.1, -0.05) is 71.8 Å². The van der Waals surface area contributed by atoms with Crippen molar-refractivity contribution in [1.29, 1.82) is 0 Å². The van der Waals surface area contributed by atoms with E-state index in [1.165, 1.54) is 16.7 Å². The highest BCUT2D eigenvalue weighted by molar-refractivity contribution is 5.79. The number of hydrogen-bond donors (Lipinski definition) is 0. The third-order valence-corrected chi connectivity index (χ3v) is 4.85. The summed E-state index contributed by atoms with van der Waals surface area (Å²) in [5.41, 5.74) is 5.56. The van der Waals surface area contributed by atoms with Gasteiger partial charge in [-0.3, -0.25) is 4.99 Å². The van der Waals surface area contributed by atoms with Gasteiger partial charge in [0.2, 0.25) is 0 Å². The Hall–Kier alpha value is -3.13. The molecule has 1 heterocycles. The van der Waals surface area contributed by atoms with Crippen LogP contribution in [0, 0.1) is 13.8 Å². The molecule has 0 N–H and O–H groups in total. The van der Waals surface area contributed by atoms with E-state index in [1.54, 1.807) is 0 Å². The molecule has 0 saturated heterocycles. The number of nitrogens with zero attached hydrogens (tertiary/aromatic N) is 1. The molecule has 0 aliphatic carbocycles. The van der Waals surface area contributed by atoms with Crippen LogP contribution in [0.25, 0.3) is 22.3 Å². The average Bonchev–Trinajstić information content (AvgIpc) is 2.69. The van der Waals surface area contributed by atoms with Crippen LogP contribution in [0.1, 0.15) is 29.7 Å². The molecule has 0 aliphatic heterocycles. The van der Waals surface area contributed by atoms with Crippen LogP contribution in [-0.2, 0) is 0 Å². The standard InChI is InChI=1S/C25H23NO/c1-17-9-12-21(13-10-17)25-16-23(22-15-18(2)11-14-24(22)27-25)26-19(3)20-7-5-4-6-8-20/h4-16,19H,1-3H3. The minimum atomic E-state index is 0.0724. The summed E-state index contributed by atoms with van der Waals surface area (Å²) in [6, 6.07) is 27.2. The van der Waals surface area contributed by atoms with Crippen LogP contribution in [0.5, 0.6) is 0 Å². The van der Waals surface area contributed by atoms with Crippen LogP contribution < -0.4 is 5.36 Å². The van der Waals surface area contributed by atoms with Crippen LogP contribution in [0.3, 0.4) is 0 Å². The maximum absolute atomic E-state index is 6.21. The van der Waals surface area contributed by atoms with Gasteiger partial charge in [0.15, 0.2) is 0 Å². The molecule has 0 bridgehead atoms. The Morgan fingerprint density at radius 2 is 1.48 bits per heavy atom. The summed E-state index contributed by atoms with van der Waals surface area (Å²) < 4.78 is 6.21. The van der Waals surface area contributed by atoms with Crippen molar-refractivity contribution in [2.45, 2.75) is 26.8 Å². The first-order valence-electron chi connectivity index (χ1n) is 9.30. The maximum Gasteiger partial charge on any atom is 0.136 e. The largest absolute Gasteiger partial charge is 0.456 e. The summed E-state index contributed by atoms with van der Waals surface area (Å²) in [5, 5.41) is 2.01. The van der Waals surface area contributed by atoms with Gasteiger partial charge in [0.25, 0.3) is 0 Å². The molecule has 27 heavy (non-hydrogen) atoms. The summed E-state index contributed by atoms with van der Waals surface area (Å²) in [4.78, 5) is 5.04. The fraction of sp³-hybridized carbons (Fsp3) is 0.160. The Bertz CT molecular complexity index is 1140. The minimum Gasteiger partial charge on any atom is -0.456 e. The van der Waals surface area contributed by atoms with E-state index in [0.29, 0.717) is 0 Å². The van der Waals surface area contributed by atoms with E-state index in [9.17, 15) is 0 Å². The van der Waals surface area contributed by atoms with Crippen LogP contribution in [0.2, 0.25) is 0 Å². The Labute approximate surface area is 159 Å². The van der Waals surface area contributed by atoms with E-state index >= 15 is 0 Å². The topological polar surface area (TPSA) is 25.5 Å². The Balaban J connectivity index is 1.92. The van der Waals surface area contributed by atoms with Crippen molar-refractivity contribution in [3.8, 4) is 11.3 Å². The molecule has 3 aromatic carbocycles. The van der Waals surface area contributed by atoms with Gasteiger partial charge in [-0.2, -0.15) is 0 Å². The molecule has 134 valence electrons. The van der Waals surface area contributed by atoms with Gasteiger partial charge in [-0.15, -0.1) is 0 Å². The Morgan fingerprint density at radius 3 is 2.22 bits per heavy atom. The Morgan fingerprint density at radius 1 is 0.778 bits per heavy atom. The van der Waals surface area contributed by atoms with Crippen molar-refractivity contribution in [2.24, 2.45) is 4.99 Å². The lowest BCUT2D eigenvalue weighted by molar-refractivity contribution is 0.617. The van der Waals surface area contributed by atoms with Gasteiger partial charge in [0.05, 0.1) is 11.4 Å². The van der Waals surface area contributed by atoms with E-state index < -0.39 is 0 Å². The zero-order valence-electron chi connectivity index (χ0n) is 15.9. The lowest BCUT2D eigenvalue weighted by Gasteiger charge is -2.09. The highest BCUT2D eigenvalue weighted by atomic mass is 16.3. The number of benzene rings is 3. The molecule has 1 aromatic heterocycles. The van der Waals surface area contributed by atoms with Gasteiger partial charge < -0.3 is 4.42 Å². The molecule has 4 aromatic rings. The molecule has 1 unspecified atom stereocenters. The predicted octanol–water partition coefficient (Wildman–Crippen LogP) is 6.38. The van der Waals surface area contributed by atoms with Crippen molar-refractivity contribution in [1.82, 2.24) is 0 Å². The molecule has 1 atom stereocenters. The summed E-state index contributed by atoms with van der Waals surface area (Å²) in [6.45, 7) is 6.32. The summed E-state index contributed by atoms with van der Waals surface area (Å²) in [6.07, 6.45) is 0. The maximum atomic E-state index is 6.21. The van der Waals surface area contributed by atoms with Crippen LogP contribution >= 0.6 is 0 Å². The van der Waals surface area contributed by atoms with Gasteiger partial charge in [-0.25, -0.2) is 0 Å². The number of fused-ring (bicyclic) bond motifs is 1. The fourth-order valence-electron chi connectivity index (χ4n) is 3.26. The van der Waals surface area contributed by atoms with Gasteiger partial charge >= 0.3 is 0 Å². The molecule has 4 rings (SSSR count). The molecule has 2 heteroatoms. The van der Waals surface area contributed by atoms with Crippen LogP contribution in [0.4, 0.5) is 0 Å². The van der Waals surface area contributed by atoms with Crippen LogP contribution in [-0.4, -0.2) is 0 Å². The van der Waals surface area contributed by atoms with Gasteiger partial charge in [0.1, 0.15) is 11.3 Å². The Kier molecular flexibility index (Phi) is 4.64. The second-order valence-corrected chi connectivity index (χ2v) is 7.08. The van der Waals surface area contributed by atoms with Crippen molar-refractivity contribution in [3.05, 3.63) is 101 Å². The first-order valence-corrected chi connectivity index (χ1v) is 9.30. The normalized spacial score (nSPS) is 13.1. The molecule has 0 amide bonds. The summed E-state index contributed by atoms with van der Waals surface area (Å²) >= 11 is 0. The van der Waals surface area contributed by atoms with Gasteiger partial charge in [-0.05, 0) is 38.5 Å². The smallest absolute Gasteiger partial charge is 0.136 e. The summed E-state index contributed by atoms with van der Waals surface area (Å²) in [7, 11) is 0. The predicted molar refractivity (Wildman–Crippen MR) is 112 cm³/mol. The summed E-state index contributed by atoms with van der Waals surface area (Å²) in [5.74, 6) is 0.838. The highest BCUT2D eigenvalue weighted by Crippen LogP contribution is 2.24. The monoisotopic (exact) mass is 353 g/mol. The quantitative estimate of drug-likeness (QED) is 0.419. The van der Waals surface area contributed by atoms with Crippen molar-refractivity contribution in [3.63, 3.8) is 0 Å². The molecule has 0 fully saturated rings. The third-order valence-electron chi connectivity index (χ3n) is 4.85. The van der Waals surface area contributed by atoms with E-state index in [0.717, 1.165) is 27.7 Å². The second-order valence-electron chi connectivity index (χ2n) is 7.08. The SMILES string of the molecule is Cc1ccc(-c2cc(=NC(C)c3ccccc3)c3cc(C)ccc3o2)cc1. The number of aryl methyl sites for hydroxylation is 2.